The summed E-state index contributed by atoms with van der Waals surface area (Å²) in [5, 5.41) is 1.15. The summed E-state index contributed by atoms with van der Waals surface area (Å²) < 4.78 is 1.06. The van der Waals surface area contributed by atoms with Crippen LogP contribution in [-0.4, -0.2) is 0 Å². The topological polar surface area (TPSA) is 0 Å². The Morgan fingerprint density at radius 3 is 2.00 bits per heavy atom. The third kappa shape index (κ3) is 3.25. The van der Waals surface area contributed by atoms with Gasteiger partial charge in [0, 0.05) is 4.47 Å². The van der Waals surface area contributed by atoms with E-state index in [0.717, 1.165) is 10.0 Å². The molecule has 88 valence electrons. The molecule has 0 N–H and O–H groups in total. The van der Waals surface area contributed by atoms with E-state index in [2.05, 4.69) is 44.0 Å². The quantitative estimate of drug-likeness (QED) is 0.529. The standard InChI is InChI=1S/C13H8Br2Cl2/c14-10-4-1-8(2-5-10)13(15)9-3-6-11(16)12(17)7-9/h1-7,13H. The van der Waals surface area contributed by atoms with E-state index in [0.29, 0.717) is 10.0 Å². The van der Waals surface area contributed by atoms with Gasteiger partial charge in [0.25, 0.3) is 0 Å². The van der Waals surface area contributed by atoms with Crippen molar-refractivity contribution in [1.29, 1.82) is 0 Å². The van der Waals surface area contributed by atoms with Crippen molar-refractivity contribution in [1.82, 2.24) is 0 Å². The summed E-state index contributed by atoms with van der Waals surface area (Å²) in [5.74, 6) is 0. The molecule has 4 heteroatoms. The van der Waals surface area contributed by atoms with Crippen LogP contribution < -0.4 is 0 Å². The molecule has 1 atom stereocenters. The summed E-state index contributed by atoms with van der Waals surface area (Å²) in [7, 11) is 0. The molecule has 1 unspecified atom stereocenters. The lowest BCUT2D eigenvalue weighted by Crippen LogP contribution is -1.92. The summed E-state index contributed by atoms with van der Waals surface area (Å²) in [6, 6.07) is 13.8. The first-order valence-corrected chi connectivity index (χ1v) is 7.39. The van der Waals surface area contributed by atoms with Crippen LogP contribution in [0.25, 0.3) is 0 Å². The summed E-state index contributed by atoms with van der Waals surface area (Å²) in [6.45, 7) is 0. The number of rotatable bonds is 2. The first-order valence-electron chi connectivity index (χ1n) is 4.92. The predicted octanol–water partition coefficient (Wildman–Crippen LogP) is 6.24. The largest absolute Gasteiger partial charge is 0.0827 e. The molecule has 2 rings (SSSR count). The first-order chi connectivity index (χ1) is 8.08. The fourth-order valence-corrected chi connectivity index (χ4v) is 2.66. The molecule has 0 aromatic heterocycles. The van der Waals surface area contributed by atoms with Crippen molar-refractivity contribution in [2.24, 2.45) is 0 Å². The Bertz CT molecular complexity index is 523. The van der Waals surface area contributed by atoms with Crippen molar-refractivity contribution in [3.8, 4) is 0 Å². The molecule has 0 spiro atoms. The van der Waals surface area contributed by atoms with Crippen LogP contribution in [-0.2, 0) is 0 Å². The predicted molar refractivity (Wildman–Crippen MR) is 81.4 cm³/mol. The number of alkyl halides is 1. The molecule has 2 aromatic rings. The molecule has 0 bridgehead atoms. The van der Waals surface area contributed by atoms with Crippen LogP contribution in [0.4, 0.5) is 0 Å². The highest BCUT2D eigenvalue weighted by atomic mass is 79.9. The zero-order valence-corrected chi connectivity index (χ0v) is 13.3. The number of hydrogen-bond acceptors (Lipinski definition) is 0. The average Bonchev–Trinajstić information content (AvgIpc) is 2.33. The molecule has 0 heterocycles. The smallest absolute Gasteiger partial charge is 0.0645 e. The molecule has 0 aliphatic rings. The maximum atomic E-state index is 6.01. The van der Waals surface area contributed by atoms with Crippen LogP contribution in [0.1, 0.15) is 16.0 Å². The fourth-order valence-electron chi connectivity index (χ4n) is 1.49. The van der Waals surface area contributed by atoms with Crippen molar-refractivity contribution in [2.75, 3.05) is 0 Å². The van der Waals surface area contributed by atoms with E-state index in [1.165, 1.54) is 5.56 Å². The van der Waals surface area contributed by atoms with Crippen molar-refractivity contribution in [3.05, 3.63) is 68.1 Å². The van der Waals surface area contributed by atoms with Gasteiger partial charge in [0.1, 0.15) is 0 Å². The highest BCUT2D eigenvalue weighted by Gasteiger charge is 2.11. The third-order valence-corrected chi connectivity index (χ3v) is 4.72. The van der Waals surface area contributed by atoms with E-state index in [-0.39, 0.29) is 4.83 Å². The molecular weight excluding hydrogens is 387 g/mol. The molecule has 0 radical (unpaired) electrons. The van der Waals surface area contributed by atoms with E-state index in [1.54, 1.807) is 0 Å². The molecule has 0 aliphatic heterocycles. The van der Waals surface area contributed by atoms with Crippen LogP contribution >= 0.6 is 55.1 Å². The van der Waals surface area contributed by atoms with E-state index in [1.807, 2.05) is 30.3 Å². The van der Waals surface area contributed by atoms with Crippen molar-refractivity contribution in [2.45, 2.75) is 4.83 Å². The van der Waals surface area contributed by atoms with Gasteiger partial charge in [-0.15, -0.1) is 0 Å². The van der Waals surface area contributed by atoms with Gasteiger partial charge in [-0.05, 0) is 35.4 Å². The van der Waals surface area contributed by atoms with Gasteiger partial charge >= 0.3 is 0 Å². The lowest BCUT2D eigenvalue weighted by molar-refractivity contribution is 1.18. The lowest BCUT2D eigenvalue weighted by Gasteiger charge is -2.11. The fraction of sp³-hybridized carbons (Fsp3) is 0.0769. The highest BCUT2D eigenvalue weighted by Crippen LogP contribution is 2.34. The monoisotopic (exact) mass is 392 g/mol. The Morgan fingerprint density at radius 1 is 0.824 bits per heavy atom. The second-order valence-electron chi connectivity index (χ2n) is 3.59. The SMILES string of the molecule is Clc1ccc(C(Br)c2ccc(Br)cc2)cc1Cl. The van der Waals surface area contributed by atoms with Crippen LogP contribution in [0.2, 0.25) is 10.0 Å². The molecule has 2 aromatic carbocycles. The molecular formula is C13H8Br2Cl2. The van der Waals surface area contributed by atoms with Crippen LogP contribution in [0, 0.1) is 0 Å². The van der Waals surface area contributed by atoms with Crippen LogP contribution in [0.3, 0.4) is 0 Å². The Kier molecular flexibility index (Phi) is 4.53. The Balaban J connectivity index is 2.33. The van der Waals surface area contributed by atoms with Crippen LogP contribution in [0.5, 0.6) is 0 Å². The number of hydrogen-bond donors (Lipinski definition) is 0. The summed E-state index contributed by atoms with van der Waals surface area (Å²) in [4.78, 5) is 0.116. The Labute approximate surface area is 127 Å². The normalized spacial score (nSPS) is 12.5. The number of benzene rings is 2. The lowest BCUT2D eigenvalue weighted by atomic mass is 10.1. The molecule has 0 nitrogen and oxygen atoms in total. The second kappa shape index (κ2) is 5.75. The second-order valence-corrected chi connectivity index (χ2v) is 6.23. The van der Waals surface area contributed by atoms with Crippen molar-refractivity contribution in [3.63, 3.8) is 0 Å². The molecule has 0 aliphatic carbocycles. The van der Waals surface area contributed by atoms with Gasteiger partial charge < -0.3 is 0 Å². The van der Waals surface area contributed by atoms with E-state index >= 15 is 0 Å². The summed E-state index contributed by atoms with van der Waals surface area (Å²) in [6.07, 6.45) is 0. The minimum absolute atomic E-state index is 0.116. The van der Waals surface area contributed by atoms with Gasteiger partial charge in [-0.3, -0.25) is 0 Å². The average molecular weight is 395 g/mol. The first kappa shape index (κ1) is 13.4. The maximum absolute atomic E-state index is 6.01. The Morgan fingerprint density at radius 2 is 1.41 bits per heavy atom. The van der Waals surface area contributed by atoms with Gasteiger partial charge in [0.15, 0.2) is 0 Å². The molecule has 0 amide bonds. The van der Waals surface area contributed by atoms with Crippen molar-refractivity contribution < 1.29 is 0 Å². The third-order valence-electron chi connectivity index (χ3n) is 2.40. The molecule has 0 fully saturated rings. The zero-order chi connectivity index (χ0) is 12.4. The summed E-state index contributed by atoms with van der Waals surface area (Å²) >= 11 is 19.0. The number of halogens is 4. The van der Waals surface area contributed by atoms with Gasteiger partial charge in [-0.1, -0.05) is 73.3 Å². The minimum atomic E-state index is 0.116. The Hall–Kier alpha value is -0.0200. The molecule has 0 saturated heterocycles. The van der Waals surface area contributed by atoms with E-state index in [9.17, 15) is 0 Å². The van der Waals surface area contributed by atoms with Gasteiger partial charge in [-0.25, -0.2) is 0 Å². The van der Waals surface area contributed by atoms with Crippen LogP contribution in [0.15, 0.2) is 46.9 Å². The molecule has 17 heavy (non-hydrogen) atoms. The highest BCUT2D eigenvalue weighted by molar-refractivity contribution is 9.10. The minimum Gasteiger partial charge on any atom is -0.0827 e. The van der Waals surface area contributed by atoms with E-state index in [4.69, 9.17) is 23.2 Å². The van der Waals surface area contributed by atoms with Gasteiger partial charge in [-0.2, -0.15) is 0 Å². The van der Waals surface area contributed by atoms with Gasteiger partial charge in [0.05, 0.1) is 14.9 Å². The zero-order valence-electron chi connectivity index (χ0n) is 8.63. The van der Waals surface area contributed by atoms with Crippen molar-refractivity contribution >= 4 is 55.1 Å². The maximum Gasteiger partial charge on any atom is 0.0645 e. The summed E-state index contributed by atoms with van der Waals surface area (Å²) in [5.41, 5.74) is 2.26. The van der Waals surface area contributed by atoms with E-state index < -0.39 is 0 Å². The van der Waals surface area contributed by atoms with Gasteiger partial charge in [0.2, 0.25) is 0 Å². The molecule has 0 saturated carbocycles.